The number of pyridine rings is 1. The van der Waals surface area contributed by atoms with Gasteiger partial charge in [0.2, 0.25) is 5.56 Å². The molecule has 0 N–H and O–H groups in total. The topological polar surface area (TPSA) is 58.7 Å². The summed E-state index contributed by atoms with van der Waals surface area (Å²) in [6.45, 7) is 2.30. The first kappa shape index (κ1) is 13.4. The van der Waals surface area contributed by atoms with Crippen LogP contribution in [0.1, 0.15) is 6.42 Å². The monoisotopic (exact) mass is 286 g/mol. The van der Waals surface area contributed by atoms with Gasteiger partial charge in [0.05, 0.1) is 11.9 Å². The Morgan fingerprint density at radius 2 is 2.19 bits per heavy atom. The number of hydrogen-bond acceptors (Lipinski definition) is 5. The highest BCUT2D eigenvalue weighted by Gasteiger charge is 2.16. The Morgan fingerprint density at radius 1 is 1.29 bits per heavy atom. The van der Waals surface area contributed by atoms with Crippen molar-refractivity contribution in [2.24, 2.45) is 12.1 Å². The summed E-state index contributed by atoms with van der Waals surface area (Å²) in [5.41, 5.74) is 1.03. The summed E-state index contributed by atoms with van der Waals surface area (Å²) in [5.74, 6) is 0. The molecule has 3 heterocycles. The van der Waals surface area contributed by atoms with Crippen LogP contribution in [0.25, 0.3) is 0 Å². The standard InChI is InChI=1S/C14H18N6O/c1-17-10-13(9-15-17)20-12-18(11-16-20)6-4-8-19-7-3-2-5-14(19)21/h2-3,5,7,9-11H,4,6,8,12H2,1H3. The lowest BCUT2D eigenvalue weighted by atomic mass is 10.3. The highest BCUT2D eigenvalue weighted by Crippen LogP contribution is 2.16. The fraction of sp³-hybridized carbons (Fsp3) is 0.357. The van der Waals surface area contributed by atoms with E-state index >= 15 is 0 Å². The van der Waals surface area contributed by atoms with Gasteiger partial charge in [0.1, 0.15) is 13.0 Å². The highest BCUT2D eigenvalue weighted by atomic mass is 16.1. The van der Waals surface area contributed by atoms with Crippen LogP contribution in [-0.2, 0) is 13.6 Å². The first-order valence-electron chi connectivity index (χ1n) is 6.92. The van der Waals surface area contributed by atoms with Crippen molar-refractivity contribution >= 4 is 12.0 Å². The molecule has 0 amide bonds. The van der Waals surface area contributed by atoms with Gasteiger partial charge < -0.3 is 9.47 Å². The van der Waals surface area contributed by atoms with E-state index in [9.17, 15) is 4.79 Å². The molecular weight excluding hydrogens is 268 g/mol. The molecule has 0 radical (unpaired) electrons. The molecule has 1 aliphatic heterocycles. The maximum atomic E-state index is 11.6. The van der Waals surface area contributed by atoms with Gasteiger partial charge in [-0.2, -0.15) is 10.2 Å². The van der Waals surface area contributed by atoms with E-state index in [0.29, 0.717) is 0 Å². The molecule has 7 heteroatoms. The second kappa shape index (κ2) is 5.82. The minimum atomic E-state index is 0.0459. The minimum Gasteiger partial charge on any atom is -0.342 e. The molecule has 21 heavy (non-hydrogen) atoms. The number of anilines is 1. The molecule has 0 atom stereocenters. The average molecular weight is 286 g/mol. The first-order chi connectivity index (χ1) is 10.2. The van der Waals surface area contributed by atoms with E-state index in [-0.39, 0.29) is 5.56 Å². The molecule has 0 aliphatic carbocycles. The van der Waals surface area contributed by atoms with Gasteiger partial charge in [0.25, 0.3) is 0 Å². The van der Waals surface area contributed by atoms with Gasteiger partial charge in [-0.15, -0.1) is 0 Å². The second-order valence-electron chi connectivity index (χ2n) is 5.04. The van der Waals surface area contributed by atoms with Crippen LogP contribution < -0.4 is 10.6 Å². The van der Waals surface area contributed by atoms with E-state index in [4.69, 9.17) is 0 Å². The summed E-state index contributed by atoms with van der Waals surface area (Å²) < 4.78 is 3.49. The highest BCUT2D eigenvalue weighted by molar-refractivity contribution is 5.62. The summed E-state index contributed by atoms with van der Waals surface area (Å²) in [4.78, 5) is 13.7. The van der Waals surface area contributed by atoms with Gasteiger partial charge in [-0.3, -0.25) is 9.48 Å². The zero-order chi connectivity index (χ0) is 14.7. The number of nitrogens with zero attached hydrogens (tertiary/aromatic N) is 6. The van der Waals surface area contributed by atoms with Crippen molar-refractivity contribution in [1.82, 2.24) is 19.2 Å². The summed E-state index contributed by atoms with van der Waals surface area (Å²) in [7, 11) is 1.89. The lowest BCUT2D eigenvalue weighted by Crippen LogP contribution is -2.28. The van der Waals surface area contributed by atoms with E-state index < -0.39 is 0 Å². The Bertz CT molecular complexity index is 689. The normalized spacial score (nSPS) is 14.1. The SMILES string of the molecule is Cn1cc(N2CN(CCCn3ccccc3=O)C=N2)cn1. The van der Waals surface area contributed by atoms with Gasteiger partial charge >= 0.3 is 0 Å². The summed E-state index contributed by atoms with van der Waals surface area (Å²) >= 11 is 0. The predicted octanol–water partition coefficient (Wildman–Crippen LogP) is 0.695. The van der Waals surface area contributed by atoms with Crippen molar-refractivity contribution in [1.29, 1.82) is 0 Å². The summed E-state index contributed by atoms with van der Waals surface area (Å²) in [6, 6.07) is 5.22. The fourth-order valence-corrected chi connectivity index (χ4v) is 2.29. The van der Waals surface area contributed by atoms with E-state index in [2.05, 4.69) is 15.1 Å². The second-order valence-corrected chi connectivity index (χ2v) is 5.04. The van der Waals surface area contributed by atoms with Crippen molar-refractivity contribution in [2.75, 3.05) is 18.2 Å². The number of aromatic nitrogens is 3. The molecule has 110 valence electrons. The maximum Gasteiger partial charge on any atom is 0.250 e. The van der Waals surface area contributed by atoms with E-state index in [0.717, 1.165) is 31.9 Å². The Morgan fingerprint density at radius 3 is 2.95 bits per heavy atom. The maximum absolute atomic E-state index is 11.6. The van der Waals surface area contributed by atoms with Crippen LogP contribution in [0.3, 0.4) is 0 Å². The molecule has 0 aromatic carbocycles. The molecule has 0 saturated heterocycles. The fourth-order valence-electron chi connectivity index (χ4n) is 2.29. The molecule has 0 unspecified atom stereocenters. The van der Waals surface area contributed by atoms with Crippen LogP contribution in [0.5, 0.6) is 0 Å². The number of rotatable bonds is 5. The van der Waals surface area contributed by atoms with Crippen LogP contribution in [-0.4, -0.2) is 38.8 Å². The number of hydrogen-bond donors (Lipinski definition) is 0. The molecule has 1 aliphatic rings. The van der Waals surface area contributed by atoms with Crippen LogP contribution in [0.4, 0.5) is 5.69 Å². The molecule has 3 rings (SSSR count). The van der Waals surface area contributed by atoms with Crippen LogP contribution in [0, 0.1) is 0 Å². The van der Waals surface area contributed by atoms with Crippen molar-refractivity contribution in [3.05, 3.63) is 47.1 Å². The number of hydrazone groups is 1. The zero-order valence-electron chi connectivity index (χ0n) is 12.0. The third-order valence-electron chi connectivity index (χ3n) is 3.40. The zero-order valence-corrected chi connectivity index (χ0v) is 12.0. The largest absolute Gasteiger partial charge is 0.342 e. The molecule has 0 saturated carbocycles. The van der Waals surface area contributed by atoms with Crippen molar-refractivity contribution in [3.63, 3.8) is 0 Å². The van der Waals surface area contributed by atoms with Crippen LogP contribution in [0.2, 0.25) is 0 Å². The third kappa shape index (κ3) is 3.13. The molecule has 0 fully saturated rings. The lowest BCUT2D eigenvalue weighted by Gasteiger charge is -2.17. The molecule has 2 aromatic rings. The Hall–Kier alpha value is -2.57. The summed E-state index contributed by atoms with van der Waals surface area (Å²) in [6.07, 6.45) is 8.29. The Labute approximate surface area is 122 Å². The molecular formula is C14H18N6O. The third-order valence-corrected chi connectivity index (χ3v) is 3.40. The van der Waals surface area contributed by atoms with Crippen LogP contribution in [0.15, 0.2) is 46.7 Å². The predicted molar refractivity (Wildman–Crippen MR) is 81.1 cm³/mol. The minimum absolute atomic E-state index is 0.0459. The van der Waals surface area contributed by atoms with Crippen LogP contribution >= 0.6 is 0 Å². The lowest BCUT2D eigenvalue weighted by molar-refractivity contribution is 0.425. The molecule has 7 nitrogen and oxygen atoms in total. The van der Waals surface area contributed by atoms with E-state index in [1.54, 1.807) is 27.6 Å². The average Bonchev–Trinajstić information content (AvgIpc) is 3.10. The Balaban J connectivity index is 1.49. The first-order valence-corrected chi connectivity index (χ1v) is 6.92. The summed E-state index contributed by atoms with van der Waals surface area (Å²) in [5, 5.41) is 10.4. The van der Waals surface area contributed by atoms with Gasteiger partial charge in [-0.25, -0.2) is 5.01 Å². The molecule has 0 spiro atoms. The van der Waals surface area contributed by atoms with E-state index in [1.165, 1.54) is 0 Å². The molecule has 0 bridgehead atoms. The number of aryl methyl sites for hydroxylation is 2. The molecule has 2 aromatic heterocycles. The van der Waals surface area contributed by atoms with Crippen molar-refractivity contribution < 1.29 is 0 Å². The van der Waals surface area contributed by atoms with Gasteiger partial charge in [0, 0.05) is 38.6 Å². The smallest absolute Gasteiger partial charge is 0.250 e. The Kier molecular flexibility index (Phi) is 3.72. The van der Waals surface area contributed by atoms with Crippen molar-refractivity contribution in [3.8, 4) is 0 Å². The van der Waals surface area contributed by atoms with Gasteiger partial charge in [0.15, 0.2) is 0 Å². The van der Waals surface area contributed by atoms with Gasteiger partial charge in [-0.05, 0) is 12.5 Å². The van der Waals surface area contributed by atoms with E-state index in [1.807, 2.05) is 36.9 Å². The quantitative estimate of drug-likeness (QED) is 0.811. The van der Waals surface area contributed by atoms with Gasteiger partial charge in [-0.1, -0.05) is 6.07 Å². The van der Waals surface area contributed by atoms with Crippen molar-refractivity contribution in [2.45, 2.75) is 13.0 Å².